The summed E-state index contributed by atoms with van der Waals surface area (Å²) in [7, 11) is 1.62. The number of hydrogen-bond acceptors (Lipinski definition) is 8. The highest BCUT2D eigenvalue weighted by Gasteiger charge is 2.24. The summed E-state index contributed by atoms with van der Waals surface area (Å²) in [5.41, 5.74) is 3.95. The van der Waals surface area contributed by atoms with Crippen molar-refractivity contribution in [3.63, 3.8) is 0 Å². The highest BCUT2D eigenvalue weighted by atomic mass is 79.9. The van der Waals surface area contributed by atoms with Gasteiger partial charge in [-0.2, -0.15) is 5.90 Å². The Bertz CT molecular complexity index is 1820. The molecule has 338 valence electrons. The van der Waals surface area contributed by atoms with Gasteiger partial charge in [0.15, 0.2) is 11.5 Å². The molecule has 0 saturated carbocycles. The molecule has 2 aromatic carbocycles. The fourth-order valence-electron chi connectivity index (χ4n) is 7.53. The molecule has 0 aliphatic rings. The van der Waals surface area contributed by atoms with Crippen molar-refractivity contribution in [2.75, 3.05) is 33.4 Å². The first-order valence-electron chi connectivity index (χ1n) is 22.5. The number of ether oxygens (including phenoxy) is 3. The molecule has 8 nitrogen and oxygen atoms in total. The van der Waals surface area contributed by atoms with Gasteiger partial charge in [-0.1, -0.05) is 126 Å². The van der Waals surface area contributed by atoms with Gasteiger partial charge in [-0.25, -0.2) is 0 Å². The third kappa shape index (κ3) is 19.4. The number of halogens is 4. The van der Waals surface area contributed by atoms with Crippen LogP contribution < -0.4 is 19.6 Å². The summed E-state index contributed by atoms with van der Waals surface area (Å²) in [4.78, 5) is 14.5. The van der Waals surface area contributed by atoms with Gasteiger partial charge in [-0.15, -0.1) is 0 Å². The molecular weight excluding hydrogens is 1020 g/mol. The molecular formula is C48H72Br4N2O6. The van der Waals surface area contributed by atoms with Gasteiger partial charge in [0.05, 0.1) is 25.7 Å². The summed E-state index contributed by atoms with van der Waals surface area (Å²) >= 11 is 13.6. The number of hydrogen-bond donors (Lipinski definition) is 1. The van der Waals surface area contributed by atoms with Crippen molar-refractivity contribution in [1.29, 1.82) is 0 Å². The first kappa shape index (κ1) is 52.8. The zero-order chi connectivity index (χ0) is 43.7. The molecule has 3 aromatic rings. The molecule has 0 saturated heterocycles. The van der Waals surface area contributed by atoms with Crippen molar-refractivity contribution in [1.82, 2.24) is 5.90 Å². The maximum Gasteiger partial charge on any atom is 0.204 e. The Balaban J connectivity index is 1.72. The first-order chi connectivity index (χ1) is 28.9. The van der Waals surface area contributed by atoms with Gasteiger partial charge >= 0.3 is 0 Å². The second-order valence-corrected chi connectivity index (χ2v) is 21.9. The minimum Gasteiger partial charge on any atom is -0.507 e. The summed E-state index contributed by atoms with van der Waals surface area (Å²) in [6.07, 6.45) is 29.2. The van der Waals surface area contributed by atoms with E-state index in [0.29, 0.717) is 71.0 Å². The van der Waals surface area contributed by atoms with Crippen LogP contribution in [-0.4, -0.2) is 44.4 Å². The van der Waals surface area contributed by atoms with Crippen LogP contribution in [0.25, 0.3) is 21.9 Å². The molecule has 0 aliphatic carbocycles. The predicted molar refractivity (Wildman–Crippen MR) is 267 cm³/mol. The molecule has 0 bridgehead atoms. The van der Waals surface area contributed by atoms with E-state index in [4.69, 9.17) is 18.6 Å². The van der Waals surface area contributed by atoms with Crippen molar-refractivity contribution in [2.45, 2.75) is 169 Å². The molecule has 0 atom stereocenters. The van der Waals surface area contributed by atoms with Crippen LogP contribution in [0.5, 0.6) is 23.0 Å². The monoisotopic (exact) mass is 1090 g/mol. The lowest BCUT2D eigenvalue weighted by Gasteiger charge is -2.18. The van der Waals surface area contributed by atoms with Crippen LogP contribution in [0.4, 0.5) is 0 Å². The molecule has 60 heavy (non-hydrogen) atoms. The van der Waals surface area contributed by atoms with E-state index in [1.165, 1.54) is 103 Å². The van der Waals surface area contributed by atoms with E-state index in [-0.39, 0.29) is 16.6 Å². The van der Waals surface area contributed by atoms with Crippen LogP contribution in [0.2, 0.25) is 0 Å². The number of allylic oxidation sites excluding steroid dienone is 4. The second-order valence-electron chi connectivity index (χ2n) is 16.6. The van der Waals surface area contributed by atoms with E-state index in [9.17, 15) is 9.90 Å². The molecule has 3 rings (SSSR count). The van der Waals surface area contributed by atoms with Crippen LogP contribution in [0.15, 0.2) is 44.6 Å². The van der Waals surface area contributed by atoms with E-state index < -0.39 is 0 Å². The average molecular weight is 1090 g/mol. The predicted octanol–water partition coefficient (Wildman–Crippen LogP) is 16.1. The molecule has 0 fully saturated rings. The largest absolute Gasteiger partial charge is 0.507 e. The van der Waals surface area contributed by atoms with Gasteiger partial charge in [-0.3, -0.25) is 4.79 Å². The first-order valence-corrected chi connectivity index (χ1v) is 25.3. The van der Waals surface area contributed by atoms with Crippen molar-refractivity contribution in [2.24, 2.45) is 0 Å². The third-order valence-corrected chi connectivity index (χ3v) is 12.3. The second kappa shape index (κ2) is 30.5. The molecule has 0 aliphatic heterocycles. The van der Waals surface area contributed by atoms with Gasteiger partial charge in [0.1, 0.15) is 28.1 Å². The molecule has 1 aromatic heterocycles. The summed E-state index contributed by atoms with van der Waals surface area (Å²) in [6.45, 7) is 11.2. The number of phenolic OH excluding ortho intramolecular Hbond substituents is 1. The van der Waals surface area contributed by atoms with Crippen molar-refractivity contribution < 1.29 is 23.7 Å². The van der Waals surface area contributed by atoms with Crippen molar-refractivity contribution in [3.05, 3.63) is 56.8 Å². The maximum atomic E-state index is 14.5. The summed E-state index contributed by atoms with van der Waals surface area (Å²) in [5.74, 6) is 1.55. The van der Waals surface area contributed by atoms with Crippen LogP contribution in [0.1, 0.15) is 167 Å². The smallest absolute Gasteiger partial charge is 0.204 e. The number of aromatic hydroxyl groups is 1. The Hall–Kier alpha value is -1.57. The van der Waals surface area contributed by atoms with Crippen molar-refractivity contribution in [3.8, 4) is 23.0 Å². The van der Waals surface area contributed by atoms with Gasteiger partial charge in [0.25, 0.3) is 0 Å². The third-order valence-electron chi connectivity index (χ3n) is 10.9. The highest BCUT2D eigenvalue weighted by molar-refractivity contribution is 9.21. The number of fused-ring (bicyclic) bond motifs is 2. The van der Waals surface area contributed by atoms with Gasteiger partial charge in [-0.05, 0) is 66.2 Å². The summed E-state index contributed by atoms with van der Waals surface area (Å²) in [5, 5.41) is 12.4. The molecule has 0 spiro atoms. The Morgan fingerprint density at radius 2 is 0.967 bits per heavy atom. The molecule has 0 amide bonds. The molecule has 12 heteroatoms. The topological polar surface area (TPSA) is 84.6 Å². The molecule has 1 N–H and O–H groups in total. The molecule has 1 heterocycles. The number of benzene rings is 2. The maximum absolute atomic E-state index is 14.5. The highest BCUT2D eigenvalue weighted by Crippen LogP contribution is 2.42. The fraction of sp³-hybridized carbons (Fsp3) is 0.646. The number of nitrogens with zero attached hydrogens (tertiary/aromatic N) is 2. The lowest BCUT2D eigenvalue weighted by Crippen LogP contribution is -2.10. The van der Waals surface area contributed by atoms with Gasteiger partial charge < -0.3 is 23.7 Å². The molecule has 0 radical (unpaired) electrons. The van der Waals surface area contributed by atoms with E-state index in [1.54, 1.807) is 19.2 Å². The Morgan fingerprint density at radius 3 is 1.40 bits per heavy atom. The Morgan fingerprint density at radius 1 is 0.583 bits per heavy atom. The Kier molecular flexibility index (Phi) is 26.8. The van der Waals surface area contributed by atoms with Crippen molar-refractivity contribution >= 4 is 86.5 Å². The number of phenols is 1. The lowest BCUT2D eigenvalue weighted by atomic mass is 9.98. The fourth-order valence-corrected chi connectivity index (χ4v) is 8.53. The number of unbranched alkanes of at least 4 members (excludes halogenated alkanes) is 18. The van der Waals surface area contributed by atoms with Crippen LogP contribution in [0, 0.1) is 0 Å². The van der Waals surface area contributed by atoms with Crippen LogP contribution in [-0.2, 0) is 12.8 Å². The lowest BCUT2D eigenvalue weighted by molar-refractivity contribution is 0.284. The van der Waals surface area contributed by atoms with E-state index >= 15 is 0 Å². The van der Waals surface area contributed by atoms with E-state index in [1.807, 2.05) is 33.6 Å². The average Bonchev–Trinajstić information content (AvgIpc) is 3.19. The van der Waals surface area contributed by atoms with Crippen LogP contribution >= 0.6 is 64.6 Å². The molecule has 0 unspecified atom stereocenters. The minimum atomic E-state index is -0.287. The minimum absolute atomic E-state index is 0.0866. The summed E-state index contributed by atoms with van der Waals surface area (Å²) in [6, 6.07) is 3.57. The van der Waals surface area contributed by atoms with E-state index in [2.05, 4.69) is 76.7 Å². The SMILES string of the molecule is COc1c(OCCCCCCCCCCCCN(Br)Br)cc2oc3cc(OCCCCCCCCCCCCN(Br)Br)c(CC=C(C)C)c(O)c3c(=O)c2c1CC=C(C)C. The standard InChI is InChI=1S/C48H72Br4N2O6/c1-36(2)26-28-38-40(58-32-24-20-16-12-8-6-10-14-18-22-30-53(49)50)34-42-45(46(38)55)47(56)44-39(29-27-37(3)4)48(57-5)43(35-41(44)60-42)59-33-25-21-17-13-9-7-11-15-19-23-31-54(51)52/h26-27,34-35,55H,6-25,28-33H2,1-5H3. The van der Waals surface area contributed by atoms with Gasteiger partial charge in [0, 0.05) is 101 Å². The summed E-state index contributed by atoms with van der Waals surface area (Å²) < 4.78 is 29.1. The quantitative estimate of drug-likeness (QED) is 0.0279. The Labute approximate surface area is 395 Å². The zero-order valence-corrected chi connectivity index (χ0v) is 43.4. The zero-order valence-electron chi connectivity index (χ0n) is 37.1. The van der Waals surface area contributed by atoms with Crippen LogP contribution in [0.3, 0.4) is 0 Å². The number of rotatable bonds is 33. The normalized spacial score (nSPS) is 11.6. The van der Waals surface area contributed by atoms with E-state index in [0.717, 1.165) is 49.9 Å². The van der Waals surface area contributed by atoms with Gasteiger partial charge in [0.2, 0.25) is 5.43 Å². The number of methoxy groups -OCH3 is 1.